The first kappa shape index (κ1) is 15.7. The van der Waals surface area contributed by atoms with E-state index >= 15 is 0 Å². The van der Waals surface area contributed by atoms with Crippen molar-refractivity contribution in [2.45, 2.75) is 51.2 Å². The van der Waals surface area contributed by atoms with Crippen molar-refractivity contribution in [3.63, 3.8) is 0 Å². The predicted octanol–water partition coefficient (Wildman–Crippen LogP) is 2.24. The summed E-state index contributed by atoms with van der Waals surface area (Å²) in [6.07, 6.45) is 5.56. The molecule has 5 heteroatoms. The van der Waals surface area contributed by atoms with Crippen LogP contribution in [0.2, 0.25) is 0 Å². The van der Waals surface area contributed by atoms with Crippen LogP contribution in [0.1, 0.15) is 47.3 Å². The summed E-state index contributed by atoms with van der Waals surface area (Å²) in [6, 6.07) is 10.7. The van der Waals surface area contributed by atoms with Crippen LogP contribution in [0.4, 0.5) is 0 Å². The fourth-order valence-electron chi connectivity index (χ4n) is 3.11. The quantitative estimate of drug-likeness (QED) is 0.909. The number of rotatable bonds is 4. The first-order valence-corrected chi connectivity index (χ1v) is 8.26. The first-order chi connectivity index (χ1) is 11.1. The molecule has 2 aromatic rings. The maximum absolute atomic E-state index is 12.5. The van der Waals surface area contributed by atoms with Gasteiger partial charge in [0.1, 0.15) is 0 Å². The standard InChI is InChI=1S/C18H24N4O/c1-13-17(18(23)21-16-9-7-15(19)8-10-16)11-20-22(13)12-14-5-3-2-4-6-14/h2-6,11,15-16H,7-10,12,19H2,1H3,(H,21,23). The molecular formula is C18H24N4O. The molecule has 1 aliphatic carbocycles. The molecule has 3 N–H and O–H groups in total. The third-order valence-corrected chi connectivity index (χ3v) is 4.63. The Morgan fingerprint density at radius 2 is 1.96 bits per heavy atom. The van der Waals surface area contributed by atoms with Crippen LogP contribution in [-0.4, -0.2) is 27.8 Å². The van der Waals surface area contributed by atoms with E-state index in [1.165, 1.54) is 5.56 Å². The lowest BCUT2D eigenvalue weighted by atomic mass is 9.91. The van der Waals surface area contributed by atoms with Crippen LogP contribution < -0.4 is 11.1 Å². The molecule has 1 aromatic carbocycles. The van der Waals surface area contributed by atoms with Crippen molar-refractivity contribution >= 4 is 5.91 Å². The van der Waals surface area contributed by atoms with E-state index in [0.29, 0.717) is 18.2 Å². The molecular weight excluding hydrogens is 288 g/mol. The summed E-state index contributed by atoms with van der Waals surface area (Å²) in [7, 11) is 0. The van der Waals surface area contributed by atoms with Crippen molar-refractivity contribution in [2.24, 2.45) is 5.73 Å². The molecule has 5 nitrogen and oxygen atoms in total. The smallest absolute Gasteiger partial charge is 0.254 e. The Morgan fingerprint density at radius 1 is 1.26 bits per heavy atom. The van der Waals surface area contributed by atoms with Crippen molar-refractivity contribution in [2.75, 3.05) is 0 Å². The van der Waals surface area contributed by atoms with E-state index in [4.69, 9.17) is 5.73 Å². The van der Waals surface area contributed by atoms with Crippen LogP contribution in [0.5, 0.6) is 0 Å². The van der Waals surface area contributed by atoms with E-state index in [1.54, 1.807) is 6.20 Å². The minimum Gasteiger partial charge on any atom is -0.349 e. The van der Waals surface area contributed by atoms with Crippen molar-refractivity contribution in [3.05, 3.63) is 53.3 Å². The van der Waals surface area contributed by atoms with Gasteiger partial charge in [0.05, 0.1) is 18.3 Å². The van der Waals surface area contributed by atoms with Gasteiger partial charge >= 0.3 is 0 Å². The third-order valence-electron chi connectivity index (χ3n) is 4.63. The molecule has 122 valence electrons. The number of nitrogens with two attached hydrogens (primary N) is 1. The van der Waals surface area contributed by atoms with Crippen LogP contribution in [0.3, 0.4) is 0 Å². The lowest BCUT2D eigenvalue weighted by Crippen LogP contribution is -2.40. The number of carbonyl (C=O) groups excluding carboxylic acids is 1. The zero-order chi connectivity index (χ0) is 16.2. The third kappa shape index (κ3) is 3.79. The minimum atomic E-state index is -0.0257. The number of amides is 1. The minimum absolute atomic E-state index is 0.0257. The van der Waals surface area contributed by atoms with Gasteiger partial charge in [0.25, 0.3) is 5.91 Å². The molecule has 0 saturated heterocycles. The summed E-state index contributed by atoms with van der Waals surface area (Å²) < 4.78 is 1.88. The fraction of sp³-hybridized carbons (Fsp3) is 0.444. The monoisotopic (exact) mass is 312 g/mol. The van der Waals surface area contributed by atoms with Gasteiger partial charge in [-0.1, -0.05) is 30.3 Å². The topological polar surface area (TPSA) is 72.9 Å². The molecule has 1 aliphatic rings. The zero-order valence-corrected chi connectivity index (χ0v) is 13.5. The van der Waals surface area contributed by atoms with Gasteiger partial charge in [-0.3, -0.25) is 9.48 Å². The van der Waals surface area contributed by atoms with Crippen LogP contribution in [0, 0.1) is 6.92 Å². The van der Waals surface area contributed by atoms with Gasteiger partial charge in [-0.05, 0) is 38.2 Å². The van der Waals surface area contributed by atoms with E-state index < -0.39 is 0 Å². The molecule has 23 heavy (non-hydrogen) atoms. The summed E-state index contributed by atoms with van der Waals surface area (Å²) in [5, 5.41) is 7.50. The Bertz CT molecular complexity index is 657. The van der Waals surface area contributed by atoms with Gasteiger partial charge < -0.3 is 11.1 Å². The van der Waals surface area contributed by atoms with E-state index in [9.17, 15) is 4.79 Å². The molecule has 1 aromatic heterocycles. The molecule has 0 radical (unpaired) electrons. The molecule has 1 heterocycles. The van der Waals surface area contributed by atoms with Crippen LogP contribution in [0.15, 0.2) is 36.5 Å². The Hall–Kier alpha value is -2.14. The maximum atomic E-state index is 12.5. The second kappa shape index (κ2) is 6.96. The number of benzene rings is 1. The lowest BCUT2D eigenvalue weighted by Gasteiger charge is -2.26. The number of hydrogen-bond donors (Lipinski definition) is 2. The Morgan fingerprint density at radius 3 is 2.65 bits per heavy atom. The van der Waals surface area contributed by atoms with Crippen molar-refractivity contribution < 1.29 is 4.79 Å². The SMILES string of the molecule is Cc1c(C(=O)NC2CCC(N)CC2)cnn1Cc1ccccc1. The average molecular weight is 312 g/mol. The van der Waals surface area contributed by atoms with Crippen LogP contribution >= 0.6 is 0 Å². The predicted molar refractivity (Wildman–Crippen MR) is 90.2 cm³/mol. The molecule has 0 spiro atoms. The number of carbonyl (C=O) groups is 1. The van der Waals surface area contributed by atoms with E-state index in [-0.39, 0.29) is 11.9 Å². The van der Waals surface area contributed by atoms with Crippen LogP contribution in [0.25, 0.3) is 0 Å². The second-order valence-corrected chi connectivity index (χ2v) is 6.37. The highest BCUT2D eigenvalue weighted by atomic mass is 16.1. The zero-order valence-electron chi connectivity index (χ0n) is 13.5. The van der Waals surface area contributed by atoms with Gasteiger partial charge in [-0.15, -0.1) is 0 Å². The van der Waals surface area contributed by atoms with E-state index in [1.807, 2.05) is 29.8 Å². The summed E-state index contributed by atoms with van der Waals surface area (Å²) in [4.78, 5) is 12.5. The molecule has 0 unspecified atom stereocenters. The average Bonchev–Trinajstić information content (AvgIpc) is 2.92. The molecule has 1 amide bonds. The van der Waals surface area contributed by atoms with Gasteiger partial charge in [0, 0.05) is 17.8 Å². The summed E-state index contributed by atoms with van der Waals surface area (Å²) >= 11 is 0. The van der Waals surface area contributed by atoms with Crippen molar-refractivity contribution in [1.82, 2.24) is 15.1 Å². The van der Waals surface area contributed by atoms with Gasteiger partial charge in [0.2, 0.25) is 0 Å². The molecule has 0 atom stereocenters. The van der Waals surface area contributed by atoms with Gasteiger partial charge in [-0.2, -0.15) is 5.10 Å². The molecule has 0 aliphatic heterocycles. The molecule has 0 bridgehead atoms. The van der Waals surface area contributed by atoms with Crippen molar-refractivity contribution in [1.29, 1.82) is 0 Å². The highest BCUT2D eigenvalue weighted by Crippen LogP contribution is 2.18. The Labute approximate surface area is 136 Å². The molecule has 1 saturated carbocycles. The van der Waals surface area contributed by atoms with Gasteiger partial charge in [-0.25, -0.2) is 0 Å². The normalized spacial score (nSPS) is 21.1. The molecule has 1 fully saturated rings. The number of nitrogens with zero attached hydrogens (tertiary/aromatic N) is 2. The first-order valence-electron chi connectivity index (χ1n) is 8.26. The van der Waals surface area contributed by atoms with Gasteiger partial charge in [0.15, 0.2) is 0 Å². The van der Waals surface area contributed by atoms with E-state index in [2.05, 4.69) is 22.5 Å². The number of hydrogen-bond acceptors (Lipinski definition) is 3. The van der Waals surface area contributed by atoms with E-state index in [0.717, 1.165) is 31.4 Å². The highest BCUT2D eigenvalue weighted by molar-refractivity contribution is 5.95. The highest BCUT2D eigenvalue weighted by Gasteiger charge is 2.22. The summed E-state index contributed by atoms with van der Waals surface area (Å²) in [5.41, 5.74) is 8.65. The molecule has 3 rings (SSSR count). The van der Waals surface area contributed by atoms with Crippen LogP contribution in [-0.2, 0) is 6.54 Å². The largest absolute Gasteiger partial charge is 0.349 e. The lowest BCUT2D eigenvalue weighted by molar-refractivity contribution is 0.0925. The Kier molecular flexibility index (Phi) is 4.76. The van der Waals surface area contributed by atoms with Crippen molar-refractivity contribution in [3.8, 4) is 0 Å². The summed E-state index contributed by atoms with van der Waals surface area (Å²) in [5.74, 6) is -0.0257. The number of aromatic nitrogens is 2. The second-order valence-electron chi connectivity index (χ2n) is 6.37. The Balaban J connectivity index is 1.65. The fourth-order valence-corrected chi connectivity index (χ4v) is 3.11. The maximum Gasteiger partial charge on any atom is 0.254 e. The number of nitrogens with one attached hydrogen (secondary N) is 1. The summed E-state index contributed by atoms with van der Waals surface area (Å²) in [6.45, 7) is 2.62.